The van der Waals surface area contributed by atoms with Crippen LogP contribution in [-0.4, -0.2) is 26.4 Å². The van der Waals surface area contributed by atoms with Gasteiger partial charge in [0, 0.05) is 18.1 Å². The van der Waals surface area contributed by atoms with Crippen molar-refractivity contribution in [3.05, 3.63) is 34.3 Å². The van der Waals surface area contributed by atoms with Crippen molar-refractivity contribution in [3.8, 4) is 0 Å². The zero-order chi connectivity index (χ0) is 11.8. The first-order valence-electron chi connectivity index (χ1n) is 4.98. The molecule has 0 heterocycles. The lowest BCUT2D eigenvalue weighted by Crippen LogP contribution is -2.37. The fourth-order valence-electron chi connectivity index (χ4n) is 1.21. The molecule has 0 bridgehead atoms. The average Bonchev–Trinajstić information content (AvgIpc) is 2.29. The Bertz CT molecular complexity index is 345. The van der Waals surface area contributed by atoms with Crippen LogP contribution in [0.5, 0.6) is 0 Å². The lowest BCUT2D eigenvalue weighted by molar-refractivity contribution is 0.172. The summed E-state index contributed by atoms with van der Waals surface area (Å²) >= 11 is 3.46. The van der Waals surface area contributed by atoms with Crippen molar-refractivity contribution >= 4 is 22.0 Å². The summed E-state index contributed by atoms with van der Waals surface area (Å²) in [5, 5.41) is 5.29. The van der Waals surface area contributed by atoms with E-state index in [9.17, 15) is 4.79 Å². The van der Waals surface area contributed by atoms with Gasteiger partial charge in [-0.2, -0.15) is 0 Å². The molecule has 0 aliphatic rings. The van der Waals surface area contributed by atoms with Crippen LogP contribution in [0.25, 0.3) is 0 Å². The van der Waals surface area contributed by atoms with Crippen molar-refractivity contribution in [2.45, 2.75) is 6.42 Å². The highest BCUT2D eigenvalue weighted by Crippen LogP contribution is 2.15. The number of methoxy groups -OCH3 is 1. The smallest absolute Gasteiger partial charge is 0.316 e. The van der Waals surface area contributed by atoms with Crippen LogP contribution in [0.3, 0.4) is 0 Å². The van der Waals surface area contributed by atoms with Crippen molar-refractivity contribution in [1.29, 1.82) is 0 Å². The second kappa shape index (κ2) is 7.24. The number of hydrogen-bond acceptors (Lipinski definition) is 2. The number of ether oxygens (including phenoxy) is 1. The molecule has 0 atom stereocenters. The summed E-state index contributed by atoms with van der Waals surface area (Å²) in [6.45, 7) is 0.818. The Morgan fingerprint density at radius 3 is 2.81 bits per heavy atom. The molecule has 5 heteroatoms. The van der Waals surface area contributed by atoms with Gasteiger partial charge in [0.1, 0.15) is 6.73 Å². The van der Waals surface area contributed by atoms with Gasteiger partial charge in [0.15, 0.2) is 0 Å². The highest BCUT2D eigenvalue weighted by molar-refractivity contribution is 9.10. The molecule has 16 heavy (non-hydrogen) atoms. The van der Waals surface area contributed by atoms with Gasteiger partial charge < -0.3 is 15.4 Å². The van der Waals surface area contributed by atoms with E-state index in [2.05, 4.69) is 26.6 Å². The van der Waals surface area contributed by atoms with Gasteiger partial charge >= 0.3 is 6.03 Å². The molecular formula is C11H15BrN2O2. The van der Waals surface area contributed by atoms with Crippen LogP contribution in [0.15, 0.2) is 28.7 Å². The van der Waals surface area contributed by atoms with E-state index >= 15 is 0 Å². The number of hydrogen-bond donors (Lipinski definition) is 2. The minimum absolute atomic E-state index is 0.214. The topological polar surface area (TPSA) is 50.4 Å². The maximum absolute atomic E-state index is 11.2. The number of urea groups is 1. The van der Waals surface area contributed by atoms with Crippen molar-refractivity contribution in [3.63, 3.8) is 0 Å². The number of benzene rings is 1. The van der Waals surface area contributed by atoms with Crippen molar-refractivity contribution < 1.29 is 9.53 Å². The van der Waals surface area contributed by atoms with Gasteiger partial charge in [-0.1, -0.05) is 34.1 Å². The highest BCUT2D eigenvalue weighted by Gasteiger charge is 2.00. The molecular weight excluding hydrogens is 272 g/mol. The minimum atomic E-state index is -0.214. The summed E-state index contributed by atoms with van der Waals surface area (Å²) in [6.07, 6.45) is 0.793. The molecule has 0 saturated carbocycles. The minimum Gasteiger partial charge on any atom is -0.364 e. The predicted octanol–water partition coefficient (Wildman–Crippen LogP) is 1.89. The third kappa shape index (κ3) is 4.63. The maximum atomic E-state index is 11.2. The molecule has 0 unspecified atom stereocenters. The van der Waals surface area contributed by atoms with E-state index in [4.69, 9.17) is 4.74 Å². The molecule has 1 aromatic carbocycles. The quantitative estimate of drug-likeness (QED) is 0.813. The zero-order valence-electron chi connectivity index (χ0n) is 9.13. The first kappa shape index (κ1) is 13.0. The lowest BCUT2D eigenvalue weighted by Gasteiger charge is -2.07. The fourth-order valence-corrected chi connectivity index (χ4v) is 1.70. The van der Waals surface area contributed by atoms with Crippen LogP contribution in [0.1, 0.15) is 5.56 Å². The van der Waals surface area contributed by atoms with E-state index in [1.54, 1.807) is 0 Å². The van der Waals surface area contributed by atoms with Crippen LogP contribution in [0.2, 0.25) is 0 Å². The summed E-state index contributed by atoms with van der Waals surface area (Å²) in [5.41, 5.74) is 1.18. The SMILES string of the molecule is COCNC(=O)NCCc1ccccc1Br. The lowest BCUT2D eigenvalue weighted by atomic mass is 10.1. The summed E-state index contributed by atoms with van der Waals surface area (Å²) in [5.74, 6) is 0. The summed E-state index contributed by atoms with van der Waals surface area (Å²) in [4.78, 5) is 11.2. The normalized spacial score (nSPS) is 9.88. The Labute approximate surface area is 103 Å². The Morgan fingerprint density at radius 2 is 2.12 bits per heavy atom. The Kier molecular flexibility index (Phi) is 5.88. The zero-order valence-corrected chi connectivity index (χ0v) is 10.7. The molecule has 0 radical (unpaired) electrons. The molecule has 88 valence electrons. The Hall–Kier alpha value is -1.07. The van der Waals surface area contributed by atoms with E-state index in [-0.39, 0.29) is 12.8 Å². The predicted molar refractivity (Wildman–Crippen MR) is 66.3 cm³/mol. The number of halogens is 1. The second-order valence-corrected chi connectivity index (χ2v) is 4.06. The van der Waals surface area contributed by atoms with Crippen LogP contribution in [-0.2, 0) is 11.2 Å². The van der Waals surface area contributed by atoms with Gasteiger partial charge in [0.25, 0.3) is 0 Å². The third-order valence-electron chi connectivity index (χ3n) is 2.01. The summed E-state index contributed by atoms with van der Waals surface area (Å²) in [6, 6.07) is 7.74. The number of carbonyl (C=O) groups is 1. The molecule has 0 saturated heterocycles. The first-order valence-corrected chi connectivity index (χ1v) is 5.77. The van der Waals surface area contributed by atoms with Gasteiger partial charge in [-0.3, -0.25) is 0 Å². The van der Waals surface area contributed by atoms with Gasteiger partial charge in [0.05, 0.1) is 0 Å². The van der Waals surface area contributed by atoms with Crippen molar-refractivity contribution in [1.82, 2.24) is 10.6 Å². The molecule has 4 nitrogen and oxygen atoms in total. The van der Waals surface area contributed by atoms with Crippen molar-refractivity contribution in [2.75, 3.05) is 20.4 Å². The third-order valence-corrected chi connectivity index (χ3v) is 2.79. The summed E-state index contributed by atoms with van der Waals surface area (Å²) in [7, 11) is 1.53. The molecule has 2 amide bonds. The fraction of sp³-hybridized carbons (Fsp3) is 0.364. The molecule has 0 aromatic heterocycles. The molecule has 0 spiro atoms. The van der Waals surface area contributed by atoms with E-state index in [0.717, 1.165) is 10.9 Å². The number of nitrogens with one attached hydrogen (secondary N) is 2. The number of amides is 2. The average molecular weight is 287 g/mol. The Morgan fingerprint density at radius 1 is 1.38 bits per heavy atom. The van der Waals surface area contributed by atoms with Gasteiger partial charge in [0.2, 0.25) is 0 Å². The van der Waals surface area contributed by atoms with Crippen molar-refractivity contribution in [2.24, 2.45) is 0 Å². The maximum Gasteiger partial charge on any atom is 0.316 e. The van der Waals surface area contributed by atoms with Gasteiger partial charge in [-0.05, 0) is 18.1 Å². The van der Waals surface area contributed by atoms with E-state index < -0.39 is 0 Å². The highest BCUT2D eigenvalue weighted by atomic mass is 79.9. The summed E-state index contributed by atoms with van der Waals surface area (Å²) < 4.78 is 5.78. The Balaban J connectivity index is 2.25. The van der Waals surface area contributed by atoms with Crippen LogP contribution in [0.4, 0.5) is 4.79 Å². The van der Waals surface area contributed by atoms with Crippen LogP contribution < -0.4 is 10.6 Å². The number of carbonyl (C=O) groups excluding carboxylic acids is 1. The number of rotatable bonds is 5. The molecule has 0 aliphatic heterocycles. The monoisotopic (exact) mass is 286 g/mol. The molecule has 0 fully saturated rings. The molecule has 0 aliphatic carbocycles. The van der Waals surface area contributed by atoms with Gasteiger partial charge in [-0.15, -0.1) is 0 Å². The first-order chi connectivity index (χ1) is 7.74. The standard InChI is InChI=1S/C11H15BrN2O2/c1-16-8-14-11(15)13-7-6-9-4-2-3-5-10(9)12/h2-5H,6-8H2,1H3,(H2,13,14,15). The largest absolute Gasteiger partial charge is 0.364 e. The molecule has 1 rings (SSSR count). The molecule has 1 aromatic rings. The van der Waals surface area contributed by atoms with Crippen LogP contribution >= 0.6 is 15.9 Å². The van der Waals surface area contributed by atoms with Crippen LogP contribution in [0, 0.1) is 0 Å². The molecule has 2 N–H and O–H groups in total. The van der Waals surface area contributed by atoms with E-state index in [1.807, 2.05) is 24.3 Å². The van der Waals surface area contributed by atoms with Gasteiger partial charge in [-0.25, -0.2) is 4.79 Å². The van der Waals surface area contributed by atoms with E-state index in [1.165, 1.54) is 12.7 Å². The van der Waals surface area contributed by atoms with E-state index in [0.29, 0.717) is 6.54 Å². The second-order valence-electron chi connectivity index (χ2n) is 3.21.